The lowest BCUT2D eigenvalue weighted by atomic mass is 9.86. The topological polar surface area (TPSA) is 75.6 Å². The molecule has 0 heterocycles. The summed E-state index contributed by atoms with van der Waals surface area (Å²) in [5, 5.41) is 11.8. The number of nitrogens with one attached hydrogen (secondary N) is 1. The molecule has 1 rings (SSSR count). The fraction of sp³-hybridized carbons (Fsp3) is 0.467. The van der Waals surface area contributed by atoms with Crippen molar-refractivity contribution in [3.63, 3.8) is 0 Å². The minimum absolute atomic E-state index is 0.378. The molecule has 1 unspecified atom stereocenters. The molecular formula is C15H21NO4. The minimum Gasteiger partial charge on any atom is -0.496 e. The second-order valence-electron chi connectivity index (χ2n) is 5.80. The fourth-order valence-corrected chi connectivity index (χ4v) is 1.82. The third-order valence-electron chi connectivity index (χ3n) is 3.06. The highest BCUT2D eigenvalue weighted by Gasteiger charge is 2.32. The Morgan fingerprint density at radius 2 is 1.90 bits per heavy atom. The van der Waals surface area contributed by atoms with Crippen LogP contribution in [0.25, 0.3) is 0 Å². The zero-order valence-electron chi connectivity index (χ0n) is 12.5. The number of ether oxygens (including phenoxy) is 1. The van der Waals surface area contributed by atoms with E-state index in [1.54, 1.807) is 39.0 Å². The lowest BCUT2D eigenvalue weighted by Gasteiger charge is -2.27. The lowest BCUT2D eigenvalue weighted by molar-refractivity contribution is -0.142. The van der Waals surface area contributed by atoms with Crippen molar-refractivity contribution in [3.05, 3.63) is 29.3 Å². The van der Waals surface area contributed by atoms with Crippen molar-refractivity contribution >= 4 is 11.9 Å². The molecule has 0 aliphatic heterocycles. The van der Waals surface area contributed by atoms with E-state index in [2.05, 4.69) is 5.32 Å². The summed E-state index contributed by atoms with van der Waals surface area (Å²) in [7, 11) is 1.53. The molecule has 0 aromatic heterocycles. The number of methoxy groups -OCH3 is 1. The van der Waals surface area contributed by atoms with Crippen LogP contribution in [-0.2, 0) is 4.79 Å². The Balaban J connectivity index is 2.98. The molecule has 0 aliphatic carbocycles. The second-order valence-corrected chi connectivity index (χ2v) is 5.80. The van der Waals surface area contributed by atoms with Crippen molar-refractivity contribution in [1.82, 2.24) is 5.32 Å². The highest BCUT2D eigenvalue weighted by atomic mass is 16.5. The summed E-state index contributed by atoms with van der Waals surface area (Å²) in [5.74, 6) is -0.879. The molecular weight excluding hydrogens is 258 g/mol. The Hall–Kier alpha value is -2.04. The number of carboxylic acid groups (broad SMARTS) is 1. The maximum atomic E-state index is 12.2. The molecule has 5 heteroatoms. The fourth-order valence-electron chi connectivity index (χ4n) is 1.82. The van der Waals surface area contributed by atoms with Gasteiger partial charge in [0.25, 0.3) is 5.91 Å². The van der Waals surface area contributed by atoms with Crippen LogP contribution in [0.1, 0.15) is 36.7 Å². The van der Waals surface area contributed by atoms with Crippen molar-refractivity contribution in [2.75, 3.05) is 7.11 Å². The number of rotatable bonds is 4. The Labute approximate surface area is 118 Å². The molecule has 1 amide bonds. The molecule has 0 fully saturated rings. The van der Waals surface area contributed by atoms with Crippen LogP contribution in [0.2, 0.25) is 0 Å². The van der Waals surface area contributed by atoms with E-state index in [0.717, 1.165) is 5.56 Å². The van der Waals surface area contributed by atoms with Gasteiger partial charge in [-0.05, 0) is 30.0 Å². The Morgan fingerprint density at radius 3 is 2.35 bits per heavy atom. The highest BCUT2D eigenvalue weighted by molar-refractivity contribution is 5.97. The quantitative estimate of drug-likeness (QED) is 0.886. The van der Waals surface area contributed by atoms with Crippen LogP contribution < -0.4 is 10.1 Å². The predicted octanol–water partition coefficient (Wildman–Crippen LogP) is 2.23. The van der Waals surface area contributed by atoms with E-state index in [1.807, 2.05) is 6.92 Å². The largest absolute Gasteiger partial charge is 0.496 e. The average molecular weight is 279 g/mol. The van der Waals surface area contributed by atoms with Crippen LogP contribution >= 0.6 is 0 Å². The number of carbonyl (C=O) groups excluding carboxylic acids is 1. The minimum atomic E-state index is -1.05. The van der Waals surface area contributed by atoms with Crippen LogP contribution in [0.3, 0.4) is 0 Å². The first-order valence-corrected chi connectivity index (χ1v) is 6.35. The summed E-state index contributed by atoms with van der Waals surface area (Å²) in [6, 6.07) is 4.06. The lowest BCUT2D eigenvalue weighted by Crippen LogP contribution is -2.49. The van der Waals surface area contributed by atoms with Crippen molar-refractivity contribution in [2.24, 2.45) is 5.41 Å². The van der Waals surface area contributed by atoms with E-state index in [-0.39, 0.29) is 0 Å². The molecule has 0 saturated carbocycles. The SMILES string of the molecule is COc1cc(C(=O)NC(C(=O)O)C(C)(C)C)ccc1C. The molecule has 0 bridgehead atoms. The van der Waals surface area contributed by atoms with Crippen LogP contribution in [0.4, 0.5) is 0 Å². The third-order valence-corrected chi connectivity index (χ3v) is 3.06. The molecule has 20 heavy (non-hydrogen) atoms. The van der Waals surface area contributed by atoms with Gasteiger partial charge in [0.15, 0.2) is 0 Å². The van der Waals surface area contributed by atoms with Crippen molar-refractivity contribution in [3.8, 4) is 5.75 Å². The van der Waals surface area contributed by atoms with E-state index < -0.39 is 23.3 Å². The third kappa shape index (κ3) is 3.73. The van der Waals surface area contributed by atoms with Gasteiger partial charge >= 0.3 is 5.97 Å². The first-order chi connectivity index (χ1) is 9.16. The Kier molecular flexibility index (Phi) is 4.76. The molecule has 0 saturated heterocycles. The van der Waals surface area contributed by atoms with Gasteiger partial charge in [0.1, 0.15) is 11.8 Å². The van der Waals surface area contributed by atoms with Crippen molar-refractivity contribution in [1.29, 1.82) is 0 Å². The van der Waals surface area contributed by atoms with Gasteiger partial charge in [-0.3, -0.25) is 4.79 Å². The van der Waals surface area contributed by atoms with Crippen molar-refractivity contribution in [2.45, 2.75) is 33.7 Å². The van der Waals surface area contributed by atoms with Gasteiger partial charge in [-0.25, -0.2) is 4.79 Å². The van der Waals surface area contributed by atoms with Crippen molar-refractivity contribution < 1.29 is 19.4 Å². The zero-order valence-corrected chi connectivity index (χ0v) is 12.5. The molecule has 2 N–H and O–H groups in total. The maximum absolute atomic E-state index is 12.2. The van der Waals surface area contributed by atoms with Gasteiger partial charge in [-0.1, -0.05) is 26.8 Å². The van der Waals surface area contributed by atoms with Gasteiger partial charge in [0.2, 0.25) is 0 Å². The molecule has 5 nitrogen and oxygen atoms in total. The normalized spacial score (nSPS) is 12.7. The number of aliphatic carboxylic acids is 1. The summed E-state index contributed by atoms with van der Waals surface area (Å²) >= 11 is 0. The zero-order chi connectivity index (χ0) is 15.5. The Morgan fingerprint density at radius 1 is 1.30 bits per heavy atom. The number of hydrogen-bond donors (Lipinski definition) is 2. The predicted molar refractivity (Wildman–Crippen MR) is 76.1 cm³/mol. The maximum Gasteiger partial charge on any atom is 0.326 e. The van der Waals surface area contributed by atoms with E-state index in [0.29, 0.717) is 11.3 Å². The summed E-state index contributed by atoms with van der Waals surface area (Å²) in [6.45, 7) is 7.17. The first kappa shape index (κ1) is 16.0. The first-order valence-electron chi connectivity index (χ1n) is 6.35. The Bertz CT molecular complexity index is 517. The van der Waals surface area contributed by atoms with E-state index >= 15 is 0 Å². The summed E-state index contributed by atoms with van der Waals surface area (Å²) in [6.07, 6.45) is 0. The number of aryl methyl sites for hydroxylation is 1. The van der Waals surface area contributed by atoms with Crippen LogP contribution in [0.15, 0.2) is 18.2 Å². The highest BCUT2D eigenvalue weighted by Crippen LogP contribution is 2.22. The van der Waals surface area contributed by atoms with Gasteiger partial charge < -0.3 is 15.2 Å². The number of benzene rings is 1. The smallest absolute Gasteiger partial charge is 0.326 e. The van der Waals surface area contributed by atoms with Crippen LogP contribution in [0.5, 0.6) is 5.75 Å². The standard InChI is InChI=1S/C15H21NO4/c1-9-6-7-10(8-11(9)20-5)13(17)16-12(14(18)19)15(2,3)4/h6-8,12H,1-5H3,(H,16,17)(H,18,19). The molecule has 1 aromatic rings. The summed E-state index contributed by atoms with van der Waals surface area (Å²) in [4.78, 5) is 23.4. The van der Waals surface area contributed by atoms with E-state index in [1.165, 1.54) is 7.11 Å². The van der Waals surface area contributed by atoms with Crippen LogP contribution in [-0.4, -0.2) is 30.1 Å². The summed E-state index contributed by atoms with van der Waals surface area (Å²) < 4.78 is 5.16. The average Bonchev–Trinajstić information content (AvgIpc) is 2.34. The molecule has 0 radical (unpaired) electrons. The van der Waals surface area contributed by atoms with Crippen LogP contribution in [0, 0.1) is 12.3 Å². The van der Waals surface area contributed by atoms with Gasteiger partial charge in [0, 0.05) is 5.56 Å². The van der Waals surface area contributed by atoms with Gasteiger partial charge in [0.05, 0.1) is 7.11 Å². The second kappa shape index (κ2) is 5.94. The number of carbonyl (C=O) groups is 2. The number of amides is 1. The summed E-state index contributed by atoms with van der Waals surface area (Å²) in [5.41, 5.74) is 0.716. The number of hydrogen-bond acceptors (Lipinski definition) is 3. The monoisotopic (exact) mass is 279 g/mol. The van der Waals surface area contributed by atoms with Gasteiger partial charge in [-0.15, -0.1) is 0 Å². The van der Waals surface area contributed by atoms with E-state index in [9.17, 15) is 14.7 Å². The van der Waals surface area contributed by atoms with Gasteiger partial charge in [-0.2, -0.15) is 0 Å². The number of carboxylic acids is 1. The molecule has 1 atom stereocenters. The van der Waals surface area contributed by atoms with E-state index in [4.69, 9.17) is 4.74 Å². The molecule has 0 spiro atoms. The molecule has 0 aliphatic rings. The molecule has 110 valence electrons. The molecule has 1 aromatic carbocycles.